The van der Waals surface area contributed by atoms with Crippen LogP contribution in [-0.2, 0) is 9.53 Å². The lowest BCUT2D eigenvalue weighted by molar-refractivity contribution is -0.122. The lowest BCUT2D eigenvalue weighted by Crippen LogP contribution is -2.48. The molecule has 0 aromatic heterocycles. The molecule has 0 radical (unpaired) electrons. The molecule has 2 heterocycles. The minimum Gasteiger partial charge on any atom is -0.383 e. The van der Waals surface area contributed by atoms with Gasteiger partial charge in [-0.15, -0.1) is 0 Å². The van der Waals surface area contributed by atoms with Crippen molar-refractivity contribution in [3.63, 3.8) is 0 Å². The molecule has 2 aliphatic heterocycles. The molecule has 1 amide bonds. The van der Waals surface area contributed by atoms with Gasteiger partial charge in [0.25, 0.3) is 5.91 Å². The van der Waals surface area contributed by atoms with Gasteiger partial charge in [0.05, 0.1) is 23.7 Å². The van der Waals surface area contributed by atoms with Gasteiger partial charge >= 0.3 is 0 Å². The molecule has 34 heavy (non-hydrogen) atoms. The Morgan fingerprint density at radius 1 is 1.24 bits per heavy atom. The van der Waals surface area contributed by atoms with Gasteiger partial charge in [0.15, 0.2) is 5.17 Å². The fourth-order valence-electron chi connectivity index (χ4n) is 5.13. The number of aliphatic imine (C=N–C) groups is 1. The summed E-state index contributed by atoms with van der Waals surface area (Å²) >= 11 is 1.44. The van der Waals surface area contributed by atoms with E-state index in [0.29, 0.717) is 29.1 Å². The second-order valence-electron chi connectivity index (χ2n) is 9.72. The van der Waals surface area contributed by atoms with Gasteiger partial charge in [0, 0.05) is 24.9 Å². The number of carbonyl (C=O) groups is 1. The van der Waals surface area contributed by atoms with Crippen molar-refractivity contribution in [2.24, 2.45) is 4.99 Å². The van der Waals surface area contributed by atoms with Crippen LogP contribution < -0.4 is 4.90 Å². The maximum Gasteiger partial charge on any atom is 0.266 e. The Bertz CT molecular complexity index is 1120. The Hall–Kier alpha value is -2.57. The molecule has 0 spiro atoms. The predicted octanol–water partition coefficient (Wildman–Crippen LogP) is 6.36. The molecule has 2 aromatic carbocycles. The number of ether oxygens (including phenoxy) is 1. The van der Waals surface area contributed by atoms with Crippen LogP contribution in [0.1, 0.15) is 56.7 Å². The number of aryl methyl sites for hydroxylation is 1. The molecule has 0 bridgehead atoms. The van der Waals surface area contributed by atoms with Crippen molar-refractivity contribution in [2.75, 3.05) is 31.7 Å². The van der Waals surface area contributed by atoms with Crippen LogP contribution in [0.4, 0.5) is 11.4 Å². The SMILES string of the molecule is CCN1c2cc(C)c(/C=C3/SC(=Nc4ccccc4)N(CCOC)C3=O)cc2C(C)CC1(C)C. The number of anilines is 1. The van der Waals surface area contributed by atoms with Gasteiger partial charge in [0.1, 0.15) is 0 Å². The monoisotopic (exact) mass is 477 g/mol. The zero-order valence-electron chi connectivity index (χ0n) is 21.1. The number of nitrogens with zero attached hydrogens (tertiary/aromatic N) is 3. The average molecular weight is 478 g/mol. The Balaban J connectivity index is 1.72. The van der Waals surface area contributed by atoms with E-state index in [-0.39, 0.29) is 11.4 Å². The third kappa shape index (κ3) is 4.80. The number of hydrogen-bond donors (Lipinski definition) is 0. The maximum absolute atomic E-state index is 13.4. The zero-order chi connectivity index (χ0) is 24.5. The molecule has 1 atom stereocenters. The second kappa shape index (κ2) is 9.96. The van der Waals surface area contributed by atoms with E-state index in [4.69, 9.17) is 9.73 Å². The Morgan fingerprint density at radius 2 is 1.97 bits per heavy atom. The van der Waals surface area contributed by atoms with Gasteiger partial charge < -0.3 is 9.64 Å². The van der Waals surface area contributed by atoms with Gasteiger partial charge in [-0.3, -0.25) is 9.69 Å². The summed E-state index contributed by atoms with van der Waals surface area (Å²) < 4.78 is 5.25. The summed E-state index contributed by atoms with van der Waals surface area (Å²) in [5.41, 5.74) is 5.94. The normalized spacial score (nSPS) is 22.1. The number of rotatable bonds is 6. The molecule has 2 aromatic rings. The van der Waals surface area contributed by atoms with Crippen LogP contribution >= 0.6 is 11.8 Å². The highest BCUT2D eigenvalue weighted by Crippen LogP contribution is 2.45. The fourth-order valence-corrected chi connectivity index (χ4v) is 6.15. The molecule has 6 heteroatoms. The second-order valence-corrected chi connectivity index (χ2v) is 10.7. The van der Waals surface area contributed by atoms with Crippen molar-refractivity contribution >= 4 is 40.3 Å². The minimum atomic E-state index is -0.0155. The molecule has 1 saturated heterocycles. The Morgan fingerprint density at radius 3 is 2.65 bits per heavy atom. The van der Waals surface area contributed by atoms with Crippen molar-refractivity contribution in [1.82, 2.24) is 4.90 Å². The number of thioether (sulfide) groups is 1. The smallest absolute Gasteiger partial charge is 0.266 e. The topological polar surface area (TPSA) is 45.1 Å². The molecule has 5 nitrogen and oxygen atoms in total. The van der Waals surface area contributed by atoms with E-state index in [2.05, 4.69) is 51.7 Å². The third-order valence-electron chi connectivity index (χ3n) is 6.76. The molecule has 0 N–H and O–H groups in total. The average Bonchev–Trinajstić information content (AvgIpc) is 3.07. The van der Waals surface area contributed by atoms with Crippen LogP contribution in [0.2, 0.25) is 0 Å². The third-order valence-corrected chi connectivity index (χ3v) is 7.77. The number of para-hydroxylation sites is 1. The maximum atomic E-state index is 13.4. The van der Waals surface area contributed by atoms with E-state index in [1.807, 2.05) is 36.4 Å². The largest absolute Gasteiger partial charge is 0.383 e. The quantitative estimate of drug-likeness (QED) is 0.454. The number of carbonyl (C=O) groups excluding carboxylic acids is 1. The van der Waals surface area contributed by atoms with Crippen LogP contribution in [-0.4, -0.2) is 48.3 Å². The Kier molecular flexibility index (Phi) is 7.20. The summed E-state index contributed by atoms with van der Waals surface area (Å²) in [5, 5.41) is 0.697. The van der Waals surface area contributed by atoms with E-state index in [0.717, 1.165) is 24.2 Å². The van der Waals surface area contributed by atoms with Crippen LogP contribution in [0, 0.1) is 6.92 Å². The first-order valence-corrected chi connectivity index (χ1v) is 12.8. The molecule has 0 aliphatic carbocycles. The number of amidine groups is 1. The van der Waals surface area contributed by atoms with Crippen LogP contribution in [0.3, 0.4) is 0 Å². The van der Waals surface area contributed by atoms with Crippen molar-refractivity contribution < 1.29 is 9.53 Å². The fraction of sp³-hybridized carbons (Fsp3) is 0.429. The number of amides is 1. The molecule has 1 fully saturated rings. The van der Waals surface area contributed by atoms with Crippen LogP contribution in [0.5, 0.6) is 0 Å². The number of hydrogen-bond acceptors (Lipinski definition) is 5. The highest BCUT2D eigenvalue weighted by molar-refractivity contribution is 8.18. The van der Waals surface area contributed by atoms with Crippen molar-refractivity contribution in [1.29, 1.82) is 0 Å². The highest BCUT2D eigenvalue weighted by Gasteiger charge is 2.36. The summed E-state index contributed by atoms with van der Waals surface area (Å²) in [6.45, 7) is 13.3. The first-order chi connectivity index (χ1) is 16.2. The summed E-state index contributed by atoms with van der Waals surface area (Å²) in [6.07, 6.45) is 3.15. The van der Waals surface area contributed by atoms with Crippen molar-refractivity contribution in [3.8, 4) is 0 Å². The van der Waals surface area contributed by atoms with E-state index in [1.165, 1.54) is 28.6 Å². The van der Waals surface area contributed by atoms with Gasteiger partial charge in [-0.05, 0) is 98.8 Å². The zero-order valence-corrected chi connectivity index (χ0v) is 21.9. The van der Waals surface area contributed by atoms with Crippen molar-refractivity contribution in [2.45, 2.75) is 52.5 Å². The van der Waals surface area contributed by atoms with Crippen LogP contribution in [0.25, 0.3) is 6.08 Å². The summed E-state index contributed by atoms with van der Waals surface area (Å²) in [5.74, 6) is 0.448. The van der Waals surface area contributed by atoms with Gasteiger partial charge in [-0.2, -0.15) is 0 Å². The van der Waals surface area contributed by atoms with Crippen LogP contribution in [0.15, 0.2) is 52.4 Å². The predicted molar refractivity (Wildman–Crippen MR) is 144 cm³/mol. The minimum absolute atomic E-state index is 0.0155. The molecule has 0 saturated carbocycles. The van der Waals surface area contributed by atoms with E-state index in [9.17, 15) is 4.79 Å². The van der Waals surface area contributed by atoms with E-state index in [1.54, 1.807) is 12.0 Å². The number of benzene rings is 2. The van der Waals surface area contributed by atoms with E-state index < -0.39 is 0 Å². The lowest BCUT2D eigenvalue weighted by Gasteiger charge is -2.47. The molecule has 2 aliphatic rings. The lowest BCUT2D eigenvalue weighted by atomic mass is 9.79. The molecule has 180 valence electrons. The summed E-state index contributed by atoms with van der Waals surface area (Å²) in [7, 11) is 1.65. The van der Waals surface area contributed by atoms with Crippen molar-refractivity contribution in [3.05, 3.63) is 64.1 Å². The van der Waals surface area contributed by atoms with E-state index >= 15 is 0 Å². The first-order valence-electron chi connectivity index (χ1n) is 12.0. The molecular weight excluding hydrogens is 442 g/mol. The summed E-state index contributed by atoms with van der Waals surface area (Å²) in [4.78, 5) is 23.1. The molecule has 1 unspecified atom stereocenters. The standard InChI is InChI=1S/C28H35N3O2S/c1-7-31-24-15-19(2)21(16-23(24)20(3)18-28(31,4)5)17-25-26(32)30(13-14-33-6)27(34-25)29-22-11-9-8-10-12-22/h8-12,15-17,20H,7,13-14,18H2,1-6H3/b25-17+,29-27?. The highest BCUT2D eigenvalue weighted by atomic mass is 32.2. The first kappa shape index (κ1) is 24.6. The number of methoxy groups -OCH3 is 1. The number of fused-ring (bicyclic) bond motifs is 1. The Labute approximate surface area is 207 Å². The van der Waals surface area contributed by atoms with Gasteiger partial charge in [0.2, 0.25) is 0 Å². The van der Waals surface area contributed by atoms with Gasteiger partial charge in [-0.25, -0.2) is 4.99 Å². The molecule has 4 rings (SSSR count). The van der Waals surface area contributed by atoms with Gasteiger partial charge in [-0.1, -0.05) is 25.1 Å². The summed E-state index contributed by atoms with van der Waals surface area (Å²) in [6, 6.07) is 14.4. The molecular formula is C28H35N3O2S.